The predicted molar refractivity (Wildman–Crippen MR) is 68.2 cm³/mol. The second kappa shape index (κ2) is 4.57. The summed E-state index contributed by atoms with van der Waals surface area (Å²) in [6, 6.07) is 7.38. The van der Waals surface area contributed by atoms with Crippen molar-refractivity contribution < 1.29 is 9.53 Å². The molecule has 0 aliphatic heterocycles. The van der Waals surface area contributed by atoms with Crippen molar-refractivity contribution >= 4 is 23.3 Å². The molecule has 1 aliphatic rings. The van der Waals surface area contributed by atoms with E-state index in [9.17, 15) is 4.79 Å². The van der Waals surface area contributed by atoms with E-state index in [1.807, 2.05) is 18.2 Å². The molecule has 0 saturated heterocycles. The van der Waals surface area contributed by atoms with Crippen LogP contribution in [0.1, 0.15) is 19.8 Å². The lowest BCUT2D eigenvalue weighted by Crippen LogP contribution is -2.56. The predicted octanol–water partition coefficient (Wildman–Crippen LogP) is 3.09. The molecular formula is C13H16ClNO2. The number of hydrogen-bond acceptors (Lipinski definition) is 3. The van der Waals surface area contributed by atoms with Crippen LogP contribution in [0.25, 0.3) is 0 Å². The SMILES string of the molecule is COC(=O)C1(Nc2cccc(Cl)c2)CC(C)C1. The number of halogens is 1. The molecule has 1 aromatic carbocycles. The van der Waals surface area contributed by atoms with Crippen LogP contribution in [0.2, 0.25) is 5.02 Å². The average molecular weight is 254 g/mol. The minimum atomic E-state index is -0.571. The third-order valence-electron chi connectivity index (χ3n) is 3.18. The Morgan fingerprint density at radius 1 is 1.53 bits per heavy atom. The van der Waals surface area contributed by atoms with Gasteiger partial charge in [0, 0.05) is 10.7 Å². The van der Waals surface area contributed by atoms with Crippen molar-refractivity contribution in [3.05, 3.63) is 29.3 Å². The van der Waals surface area contributed by atoms with E-state index in [-0.39, 0.29) is 5.97 Å². The van der Waals surface area contributed by atoms with Gasteiger partial charge in [-0.3, -0.25) is 0 Å². The first-order chi connectivity index (χ1) is 8.05. The van der Waals surface area contributed by atoms with E-state index in [0.717, 1.165) is 18.5 Å². The Morgan fingerprint density at radius 2 is 2.24 bits per heavy atom. The molecule has 0 bridgehead atoms. The zero-order valence-corrected chi connectivity index (χ0v) is 10.8. The molecule has 92 valence electrons. The Bertz CT molecular complexity index is 427. The fraction of sp³-hybridized carbons (Fsp3) is 0.462. The number of carbonyl (C=O) groups excluding carboxylic acids is 1. The van der Waals surface area contributed by atoms with Gasteiger partial charge in [-0.15, -0.1) is 0 Å². The normalized spacial score (nSPS) is 27.1. The Kier molecular flexibility index (Phi) is 3.29. The van der Waals surface area contributed by atoms with Crippen molar-refractivity contribution in [2.75, 3.05) is 12.4 Å². The van der Waals surface area contributed by atoms with Crippen molar-refractivity contribution in [1.29, 1.82) is 0 Å². The zero-order chi connectivity index (χ0) is 12.5. The van der Waals surface area contributed by atoms with Crippen LogP contribution in [0, 0.1) is 5.92 Å². The van der Waals surface area contributed by atoms with Crippen LogP contribution in [0.3, 0.4) is 0 Å². The molecule has 1 saturated carbocycles. The van der Waals surface area contributed by atoms with E-state index < -0.39 is 5.54 Å². The van der Waals surface area contributed by atoms with E-state index in [1.165, 1.54) is 7.11 Å². The summed E-state index contributed by atoms with van der Waals surface area (Å²) in [6.07, 6.45) is 1.60. The first-order valence-electron chi connectivity index (χ1n) is 5.68. The molecule has 17 heavy (non-hydrogen) atoms. The highest BCUT2D eigenvalue weighted by Gasteiger charge is 2.49. The van der Waals surface area contributed by atoms with E-state index in [0.29, 0.717) is 10.9 Å². The summed E-state index contributed by atoms with van der Waals surface area (Å²) >= 11 is 5.92. The number of benzene rings is 1. The summed E-state index contributed by atoms with van der Waals surface area (Å²) in [7, 11) is 1.42. The van der Waals surface area contributed by atoms with Crippen molar-refractivity contribution in [1.82, 2.24) is 0 Å². The van der Waals surface area contributed by atoms with Crippen molar-refractivity contribution in [2.24, 2.45) is 5.92 Å². The number of ether oxygens (including phenoxy) is 1. The average Bonchev–Trinajstić information content (AvgIpc) is 2.25. The highest BCUT2D eigenvalue weighted by atomic mass is 35.5. The van der Waals surface area contributed by atoms with Gasteiger partial charge in [0.2, 0.25) is 0 Å². The molecule has 0 radical (unpaired) electrons. The summed E-state index contributed by atoms with van der Waals surface area (Å²) in [5.74, 6) is 0.344. The molecular weight excluding hydrogens is 238 g/mol. The molecule has 0 aromatic heterocycles. The van der Waals surface area contributed by atoms with Gasteiger partial charge in [0.1, 0.15) is 5.54 Å². The van der Waals surface area contributed by atoms with Crippen molar-refractivity contribution in [3.8, 4) is 0 Å². The maximum absolute atomic E-state index is 11.8. The van der Waals surface area contributed by atoms with E-state index in [1.54, 1.807) is 6.07 Å². The molecule has 2 rings (SSSR count). The molecule has 4 heteroatoms. The monoisotopic (exact) mass is 253 g/mol. The number of hydrogen-bond donors (Lipinski definition) is 1. The number of carbonyl (C=O) groups is 1. The lowest BCUT2D eigenvalue weighted by molar-refractivity contribution is -0.150. The molecule has 0 spiro atoms. The topological polar surface area (TPSA) is 38.3 Å². The van der Waals surface area contributed by atoms with Gasteiger partial charge in [0.15, 0.2) is 0 Å². The van der Waals surface area contributed by atoms with Crippen LogP contribution < -0.4 is 5.32 Å². The van der Waals surface area contributed by atoms with Gasteiger partial charge in [-0.25, -0.2) is 4.79 Å². The molecule has 1 aliphatic carbocycles. The van der Waals surface area contributed by atoms with Gasteiger partial charge in [0.25, 0.3) is 0 Å². The van der Waals surface area contributed by atoms with Crippen LogP contribution >= 0.6 is 11.6 Å². The lowest BCUT2D eigenvalue weighted by Gasteiger charge is -2.44. The third kappa shape index (κ3) is 2.39. The van der Waals surface area contributed by atoms with E-state index in [2.05, 4.69) is 12.2 Å². The zero-order valence-electron chi connectivity index (χ0n) is 10.00. The molecule has 1 aromatic rings. The van der Waals surface area contributed by atoms with Gasteiger partial charge >= 0.3 is 5.97 Å². The highest BCUT2D eigenvalue weighted by molar-refractivity contribution is 6.30. The number of anilines is 1. The molecule has 1 fully saturated rings. The first-order valence-corrected chi connectivity index (χ1v) is 6.06. The van der Waals surface area contributed by atoms with Gasteiger partial charge in [-0.05, 0) is 37.0 Å². The summed E-state index contributed by atoms with van der Waals surface area (Å²) in [5.41, 5.74) is 0.286. The summed E-state index contributed by atoms with van der Waals surface area (Å²) < 4.78 is 4.87. The maximum Gasteiger partial charge on any atom is 0.331 e. The molecule has 0 atom stereocenters. The van der Waals surface area contributed by atoms with Crippen LogP contribution in [0.4, 0.5) is 5.69 Å². The Hall–Kier alpha value is -1.22. The van der Waals surface area contributed by atoms with Crippen LogP contribution in [0.5, 0.6) is 0 Å². The second-order valence-electron chi connectivity index (χ2n) is 4.72. The fourth-order valence-corrected chi connectivity index (χ4v) is 2.68. The quantitative estimate of drug-likeness (QED) is 0.842. The minimum absolute atomic E-state index is 0.199. The lowest BCUT2D eigenvalue weighted by atomic mass is 9.69. The Balaban J connectivity index is 2.17. The number of methoxy groups -OCH3 is 1. The van der Waals surface area contributed by atoms with Gasteiger partial charge in [0.05, 0.1) is 7.11 Å². The highest BCUT2D eigenvalue weighted by Crippen LogP contribution is 2.41. The number of rotatable bonds is 3. The van der Waals surface area contributed by atoms with E-state index in [4.69, 9.17) is 16.3 Å². The summed E-state index contributed by atoms with van der Waals surface area (Å²) in [5, 5.41) is 3.91. The van der Waals surface area contributed by atoms with Gasteiger partial charge < -0.3 is 10.1 Å². The van der Waals surface area contributed by atoms with Crippen LogP contribution in [-0.2, 0) is 9.53 Å². The van der Waals surface area contributed by atoms with Crippen LogP contribution in [0.15, 0.2) is 24.3 Å². The summed E-state index contributed by atoms with van der Waals surface area (Å²) in [6.45, 7) is 2.13. The van der Waals surface area contributed by atoms with Crippen LogP contribution in [-0.4, -0.2) is 18.6 Å². The van der Waals surface area contributed by atoms with Gasteiger partial charge in [-0.1, -0.05) is 24.6 Å². The smallest absolute Gasteiger partial charge is 0.331 e. The van der Waals surface area contributed by atoms with E-state index >= 15 is 0 Å². The molecule has 0 heterocycles. The third-order valence-corrected chi connectivity index (χ3v) is 3.41. The van der Waals surface area contributed by atoms with Gasteiger partial charge in [-0.2, -0.15) is 0 Å². The maximum atomic E-state index is 11.8. The Morgan fingerprint density at radius 3 is 2.76 bits per heavy atom. The van der Waals surface area contributed by atoms with Crippen molar-refractivity contribution in [2.45, 2.75) is 25.3 Å². The Labute approximate surface area is 106 Å². The minimum Gasteiger partial charge on any atom is -0.467 e. The number of nitrogens with one attached hydrogen (secondary N) is 1. The number of esters is 1. The fourth-order valence-electron chi connectivity index (χ4n) is 2.49. The first kappa shape index (κ1) is 12.2. The molecule has 1 N–H and O–H groups in total. The van der Waals surface area contributed by atoms with Crippen molar-refractivity contribution in [3.63, 3.8) is 0 Å². The summed E-state index contributed by atoms with van der Waals surface area (Å²) in [4.78, 5) is 11.8. The molecule has 3 nitrogen and oxygen atoms in total. The molecule has 0 unspecified atom stereocenters. The second-order valence-corrected chi connectivity index (χ2v) is 5.16. The largest absolute Gasteiger partial charge is 0.467 e. The standard InChI is InChI=1S/C13H16ClNO2/c1-9-7-13(8-9,12(16)17-2)15-11-5-3-4-10(14)6-11/h3-6,9,15H,7-8H2,1-2H3. The molecule has 0 amide bonds.